The molecule has 146 valence electrons. The zero-order valence-electron chi connectivity index (χ0n) is 16.7. The second-order valence-corrected chi connectivity index (χ2v) is 7.73. The van der Waals surface area contributed by atoms with Gasteiger partial charge in [-0.25, -0.2) is 0 Å². The summed E-state index contributed by atoms with van der Waals surface area (Å²) < 4.78 is 0. The molecule has 5 heteroatoms. The zero-order chi connectivity index (χ0) is 20.5. The average molecular weight is 404 g/mol. The average Bonchev–Trinajstić information content (AvgIpc) is 2.86. The summed E-state index contributed by atoms with van der Waals surface area (Å²) in [5.41, 5.74) is 8.44. The van der Waals surface area contributed by atoms with Crippen LogP contribution in [0.1, 0.15) is 35.7 Å². The molecule has 4 nitrogen and oxygen atoms in total. The summed E-state index contributed by atoms with van der Waals surface area (Å²) in [5, 5.41) is 3.53. The van der Waals surface area contributed by atoms with E-state index in [1.54, 1.807) is 6.07 Å². The first kappa shape index (κ1) is 19.3. The fourth-order valence-electron chi connectivity index (χ4n) is 3.56. The van der Waals surface area contributed by atoms with Gasteiger partial charge in [0.15, 0.2) is 0 Å². The Morgan fingerprint density at radius 2 is 1.90 bits per heavy atom. The van der Waals surface area contributed by atoms with Crippen LogP contribution < -0.4 is 5.32 Å². The lowest BCUT2D eigenvalue weighted by atomic mass is 9.96. The number of nitrogens with one attached hydrogen (secondary N) is 1. The second-order valence-electron chi connectivity index (χ2n) is 7.32. The van der Waals surface area contributed by atoms with Gasteiger partial charge < -0.3 is 5.32 Å². The number of hydrogen-bond donors (Lipinski definition) is 1. The van der Waals surface area contributed by atoms with Gasteiger partial charge in [0.25, 0.3) is 0 Å². The number of nitrogens with zero attached hydrogens (tertiary/aromatic N) is 2. The Morgan fingerprint density at radius 1 is 1.10 bits per heavy atom. The maximum absolute atomic E-state index is 12.5. The van der Waals surface area contributed by atoms with Crippen LogP contribution in [0.2, 0.25) is 5.02 Å². The summed E-state index contributed by atoms with van der Waals surface area (Å²) in [4.78, 5) is 21.7. The van der Waals surface area contributed by atoms with Crippen molar-refractivity contribution >= 4 is 34.6 Å². The Hall–Kier alpha value is -2.98. The minimum Gasteiger partial charge on any atom is -0.324 e. The van der Waals surface area contributed by atoms with Crippen molar-refractivity contribution in [3.63, 3.8) is 0 Å². The van der Waals surface area contributed by atoms with Crippen molar-refractivity contribution in [1.29, 1.82) is 0 Å². The molecule has 0 aliphatic carbocycles. The number of aryl methyl sites for hydroxylation is 3. The zero-order valence-corrected chi connectivity index (χ0v) is 17.5. The lowest BCUT2D eigenvalue weighted by Crippen LogP contribution is -2.15. The topological polar surface area (TPSA) is 54.4 Å². The van der Waals surface area contributed by atoms with Crippen LogP contribution >= 0.6 is 11.6 Å². The smallest absolute Gasteiger partial charge is 0.230 e. The van der Waals surface area contributed by atoms with Crippen LogP contribution in [0.3, 0.4) is 0 Å². The van der Waals surface area contributed by atoms with Crippen molar-refractivity contribution in [3.05, 3.63) is 76.1 Å². The Bertz CT molecular complexity index is 1150. The molecule has 2 aromatic carbocycles. The van der Waals surface area contributed by atoms with E-state index < -0.39 is 0 Å². The van der Waals surface area contributed by atoms with Crippen molar-refractivity contribution in [2.24, 2.45) is 4.99 Å². The fraction of sp³-hybridized carbons (Fsp3) is 0.208. The van der Waals surface area contributed by atoms with Gasteiger partial charge in [0, 0.05) is 16.9 Å². The van der Waals surface area contributed by atoms with Crippen molar-refractivity contribution in [2.75, 3.05) is 5.32 Å². The highest BCUT2D eigenvalue weighted by atomic mass is 35.5. The van der Waals surface area contributed by atoms with Gasteiger partial charge >= 0.3 is 0 Å². The predicted molar refractivity (Wildman–Crippen MR) is 119 cm³/mol. The van der Waals surface area contributed by atoms with E-state index in [4.69, 9.17) is 16.6 Å². The lowest BCUT2D eigenvalue weighted by Gasteiger charge is -2.11. The molecule has 0 spiro atoms. The number of pyridine rings is 1. The van der Waals surface area contributed by atoms with Crippen LogP contribution in [0.25, 0.3) is 11.1 Å². The molecular formula is C24H22ClN3O. The number of rotatable bonds is 3. The third kappa shape index (κ3) is 3.94. The first-order valence-corrected chi connectivity index (χ1v) is 10.1. The number of aliphatic imine (C=N–C) groups is 1. The summed E-state index contributed by atoms with van der Waals surface area (Å²) in [6, 6.07) is 14.0. The molecule has 1 amide bonds. The minimum atomic E-state index is -0.0955. The Morgan fingerprint density at radius 3 is 2.69 bits per heavy atom. The molecule has 3 aromatic rings. The van der Waals surface area contributed by atoms with Gasteiger partial charge in [-0.1, -0.05) is 36.7 Å². The van der Waals surface area contributed by atoms with Crippen LogP contribution in [0.4, 0.5) is 11.4 Å². The molecule has 1 aliphatic rings. The van der Waals surface area contributed by atoms with Gasteiger partial charge in [0.1, 0.15) is 0 Å². The van der Waals surface area contributed by atoms with E-state index in [-0.39, 0.29) is 12.3 Å². The second kappa shape index (κ2) is 7.80. The number of amides is 1. The highest BCUT2D eigenvalue weighted by Crippen LogP contribution is 2.34. The number of benzene rings is 2. The maximum atomic E-state index is 12.5. The molecule has 2 heterocycles. The van der Waals surface area contributed by atoms with Gasteiger partial charge in [-0.15, -0.1) is 0 Å². The van der Waals surface area contributed by atoms with E-state index in [9.17, 15) is 4.79 Å². The maximum Gasteiger partial charge on any atom is 0.230 e. The van der Waals surface area contributed by atoms with E-state index >= 15 is 0 Å². The van der Waals surface area contributed by atoms with Crippen LogP contribution in [-0.2, 0) is 11.2 Å². The van der Waals surface area contributed by atoms with Gasteiger partial charge in [0.05, 0.1) is 23.5 Å². The van der Waals surface area contributed by atoms with Crippen molar-refractivity contribution in [1.82, 2.24) is 4.98 Å². The van der Waals surface area contributed by atoms with E-state index in [2.05, 4.69) is 35.4 Å². The molecule has 0 bridgehead atoms. The Balaban J connectivity index is 1.82. The molecule has 1 N–H and O–H groups in total. The minimum absolute atomic E-state index is 0.0955. The van der Waals surface area contributed by atoms with E-state index in [1.165, 1.54) is 11.1 Å². The van der Waals surface area contributed by atoms with Crippen LogP contribution in [0.5, 0.6) is 0 Å². The molecule has 1 aliphatic heterocycles. The highest BCUT2D eigenvalue weighted by Gasteiger charge is 2.19. The third-order valence-corrected chi connectivity index (χ3v) is 5.55. The van der Waals surface area contributed by atoms with Crippen LogP contribution in [0.15, 0.2) is 53.7 Å². The standard InChI is InChI=1S/C24H22ClN3O/c1-4-16-13-26-15(3)9-19(16)17-6-5-7-18(10-17)21-12-24(29)28-23-11-20(25)14(2)8-22(23)27-21/h5-11,13H,4,12H2,1-3H3,(H,28,29). The molecule has 29 heavy (non-hydrogen) atoms. The number of carbonyl (C=O) groups excluding carboxylic acids is 1. The fourth-order valence-corrected chi connectivity index (χ4v) is 3.73. The molecule has 1 aromatic heterocycles. The number of hydrogen-bond acceptors (Lipinski definition) is 3. The normalized spacial score (nSPS) is 13.4. The SMILES string of the molecule is CCc1cnc(C)cc1-c1cccc(C2=Nc3cc(C)c(Cl)cc3NC(=O)C2)c1. The molecule has 0 atom stereocenters. The third-order valence-electron chi connectivity index (χ3n) is 5.15. The van der Waals surface area contributed by atoms with Gasteiger partial charge in [0.2, 0.25) is 5.91 Å². The molecular weight excluding hydrogens is 382 g/mol. The Kier molecular flexibility index (Phi) is 5.20. The summed E-state index contributed by atoms with van der Waals surface area (Å²) in [6.07, 6.45) is 3.06. The van der Waals surface area contributed by atoms with Gasteiger partial charge in [-0.2, -0.15) is 0 Å². The predicted octanol–water partition coefficient (Wildman–Crippen LogP) is 6.04. The van der Waals surface area contributed by atoms with Gasteiger partial charge in [-0.3, -0.25) is 14.8 Å². The molecule has 0 saturated carbocycles. The first-order chi connectivity index (χ1) is 13.9. The lowest BCUT2D eigenvalue weighted by molar-refractivity contribution is -0.115. The molecule has 0 saturated heterocycles. The van der Waals surface area contributed by atoms with Crippen molar-refractivity contribution in [2.45, 2.75) is 33.6 Å². The summed E-state index contributed by atoms with van der Waals surface area (Å²) in [7, 11) is 0. The summed E-state index contributed by atoms with van der Waals surface area (Å²) in [5.74, 6) is -0.0955. The number of fused-ring (bicyclic) bond motifs is 1. The van der Waals surface area contributed by atoms with Crippen molar-refractivity contribution < 1.29 is 4.79 Å². The summed E-state index contributed by atoms with van der Waals surface area (Å²) in [6.45, 7) is 6.06. The van der Waals surface area contributed by atoms with Crippen LogP contribution in [-0.4, -0.2) is 16.6 Å². The molecule has 0 radical (unpaired) electrons. The van der Waals surface area contributed by atoms with E-state index in [1.807, 2.05) is 38.2 Å². The summed E-state index contributed by atoms with van der Waals surface area (Å²) >= 11 is 6.23. The quantitative estimate of drug-likeness (QED) is 0.579. The molecule has 0 fully saturated rings. The number of anilines is 1. The Labute approximate surface area is 175 Å². The number of aromatic nitrogens is 1. The van der Waals surface area contributed by atoms with E-state index in [0.29, 0.717) is 10.7 Å². The number of halogens is 1. The van der Waals surface area contributed by atoms with Crippen molar-refractivity contribution in [3.8, 4) is 11.1 Å². The largest absolute Gasteiger partial charge is 0.324 e. The first-order valence-electron chi connectivity index (χ1n) is 9.68. The monoisotopic (exact) mass is 403 g/mol. The highest BCUT2D eigenvalue weighted by molar-refractivity contribution is 6.32. The molecule has 4 rings (SSSR count). The number of carbonyl (C=O) groups is 1. The molecule has 0 unspecified atom stereocenters. The van der Waals surface area contributed by atoms with E-state index in [0.717, 1.165) is 40.2 Å². The van der Waals surface area contributed by atoms with Crippen LogP contribution in [0, 0.1) is 13.8 Å². The van der Waals surface area contributed by atoms with Gasteiger partial charge in [-0.05, 0) is 72.4 Å².